The van der Waals surface area contributed by atoms with Crippen LogP contribution in [0.1, 0.15) is 23.2 Å². The van der Waals surface area contributed by atoms with Crippen molar-refractivity contribution in [1.29, 1.82) is 0 Å². The van der Waals surface area contributed by atoms with Gasteiger partial charge < -0.3 is 16.0 Å². The molecule has 1 fully saturated rings. The minimum Gasteiger partial charge on any atom is -0.397 e. The van der Waals surface area contributed by atoms with E-state index in [9.17, 15) is 4.79 Å². The summed E-state index contributed by atoms with van der Waals surface area (Å²) in [6.07, 6.45) is 2.52. The summed E-state index contributed by atoms with van der Waals surface area (Å²) in [6.45, 7) is 0.935. The first-order chi connectivity index (χ1) is 9.58. The van der Waals surface area contributed by atoms with Crippen molar-refractivity contribution in [3.63, 3.8) is 0 Å². The maximum Gasteiger partial charge on any atom is 0.253 e. The Kier molecular flexibility index (Phi) is 5.17. The molecule has 1 aromatic rings. The highest BCUT2D eigenvalue weighted by molar-refractivity contribution is 7.99. The number of anilines is 2. The molecular formula is C15H23N3OS. The molecule has 4 nitrogen and oxygen atoms in total. The molecule has 1 aromatic carbocycles. The number of benzene rings is 1. The third-order valence-electron chi connectivity index (χ3n) is 3.63. The van der Waals surface area contributed by atoms with Crippen LogP contribution < -0.4 is 11.1 Å². The summed E-state index contributed by atoms with van der Waals surface area (Å²) in [6, 6.07) is 5.44. The van der Waals surface area contributed by atoms with Crippen molar-refractivity contribution in [3.8, 4) is 0 Å². The van der Waals surface area contributed by atoms with E-state index in [0.29, 0.717) is 17.2 Å². The molecule has 1 heterocycles. The van der Waals surface area contributed by atoms with Gasteiger partial charge in [-0.25, -0.2) is 0 Å². The molecule has 5 heteroatoms. The van der Waals surface area contributed by atoms with Crippen LogP contribution in [0.4, 0.5) is 11.4 Å². The van der Waals surface area contributed by atoms with Gasteiger partial charge in [0.1, 0.15) is 0 Å². The van der Waals surface area contributed by atoms with Gasteiger partial charge in [0.15, 0.2) is 0 Å². The van der Waals surface area contributed by atoms with E-state index in [0.717, 1.165) is 12.2 Å². The van der Waals surface area contributed by atoms with Crippen LogP contribution in [0.5, 0.6) is 0 Å². The van der Waals surface area contributed by atoms with Crippen LogP contribution in [0, 0.1) is 5.92 Å². The molecule has 0 bridgehead atoms. The average molecular weight is 293 g/mol. The summed E-state index contributed by atoms with van der Waals surface area (Å²) in [5.74, 6) is 3.22. The molecule has 0 spiro atoms. The summed E-state index contributed by atoms with van der Waals surface area (Å²) in [5.41, 5.74) is 8.23. The zero-order valence-electron chi connectivity index (χ0n) is 12.2. The Balaban J connectivity index is 2.02. The lowest BCUT2D eigenvalue weighted by molar-refractivity contribution is 0.0827. The Labute approximate surface area is 125 Å². The molecule has 20 heavy (non-hydrogen) atoms. The molecule has 0 atom stereocenters. The van der Waals surface area contributed by atoms with Gasteiger partial charge in [0, 0.05) is 26.2 Å². The maximum atomic E-state index is 12.0. The first kappa shape index (κ1) is 15.0. The summed E-state index contributed by atoms with van der Waals surface area (Å²) < 4.78 is 0. The van der Waals surface area contributed by atoms with Gasteiger partial charge in [-0.2, -0.15) is 11.8 Å². The third-order valence-corrected chi connectivity index (χ3v) is 4.68. The van der Waals surface area contributed by atoms with E-state index in [1.54, 1.807) is 31.1 Å². The molecule has 2 rings (SSSR count). The molecule has 1 amide bonds. The van der Waals surface area contributed by atoms with Gasteiger partial charge in [-0.15, -0.1) is 0 Å². The van der Waals surface area contributed by atoms with Crippen molar-refractivity contribution in [2.75, 3.05) is 43.2 Å². The highest BCUT2D eigenvalue weighted by atomic mass is 32.2. The second kappa shape index (κ2) is 6.88. The monoisotopic (exact) mass is 293 g/mol. The van der Waals surface area contributed by atoms with Crippen molar-refractivity contribution in [1.82, 2.24) is 4.90 Å². The Morgan fingerprint density at radius 2 is 2.10 bits per heavy atom. The van der Waals surface area contributed by atoms with Gasteiger partial charge >= 0.3 is 0 Å². The van der Waals surface area contributed by atoms with E-state index in [4.69, 9.17) is 5.73 Å². The topological polar surface area (TPSA) is 58.4 Å². The van der Waals surface area contributed by atoms with Crippen LogP contribution in [0.2, 0.25) is 0 Å². The quantitative estimate of drug-likeness (QED) is 0.838. The van der Waals surface area contributed by atoms with Gasteiger partial charge in [0.25, 0.3) is 5.91 Å². The van der Waals surface area contributed by atoms with Crippen LogP contribution in [0.3, 0.4) is 0 Å². The number of rotatable bonds is 4. The molecule has 0 unspecified atom stereocenters. The van der Waals surface area contributed by atoms with Gasteiger partial charge in [0.05, 0.1) is 11.4 Å². The fourth-order valence-electron chi connectivity index (χ4n) is 2.31. The molecular weight excluding hydrogens is 270 g/mol. The van der Waals surface area contributed by atoms with Gasteiger partial charge in [-0.3, -0.25) is 4.79 Å². The second-order valence-corrected chi connectivity index (χ2v) is 6.66. The molecule has 1 aliphatic rings. The summed E-state index contributed by atoms with van der Waals surface area (Å²) >= 11 is 2.03. The first-order valence-corrected chi connectivity index (χ1v) is 8.16. The summed E-state index contributed by atoms with van der Waals surface area (Å²) in [7, 11) is 3.51. The van der Waals surface area contributed by atoms with Crippen LogP contribution in [0.25, 0.3) is 0 Å². The van der Waals surface area contributed by atoms with Crippen molar-refractivity contribution < 1.29 is 4.79 Å². The van der Waals surface area contributed by atoms with Crippen LogP contribution in [-0.2, 0) is 0 Å². The number of nitrogen functional groups attached to an aromatic ring is 1. The fourth-order valence-corrected chi connectivity index (χ4v) is 3.51. The predicted octanol–water partition coefficient (Wildman–Crippen LogP) is 2.53. The van der Waals surface area contributed by atoms with Crippen LogP contribution >= 0.6 is 11.8 Å². The fraction of sp³-hybridized carbons (Fsp3) is 0.533. The highest BCUT2D eigenvalue weighted by Crippen LogP contribution is 2.25. The molecule has 1 saturated heterocycles. The largest absolute Gasteiger partial charge is 0.397 e. The number of hydrogen-bond donors (Lipinski definition) is 2. The Bertz CT molecular complexity index is 470. The molecule has 0 aliphatic carbocycles. The number of hydrogen-bond acceptors (Lipinski definition) is 4. The lowest BCUT2D eigenvalue weighted by atomic mass is 10.0. The average Bonchev–Trinajstić information content (AvgIpc) is 2.46. The van der Waals surface area contributed by atoms with Crippen LogP contribution in [-0.4, -0.2) is 43.0 Å². The SMILES string of the molecule is CN(C)C(=O)c1ccc(N)c(NCC2CCSCC2)c1. The third kappa shape index (κ3) is 3.82. The van der Waals surface area contributed by atoms with Crippen LogP contribution in [0.15, 0.2) is 18.2 Å². The minimum atomic E-state index is 0.00196. The van der Waals surface area contributed by atoms with Gasteiger partial charge in [0.2, 0.25) is 0 Å². The highest BCUT2D eigenvalue weighted by Gasteiger charge is 2.15. The Hall–Kier alpha value is -1.36. The smallest absolute Gasteiger partial charge is 0.253 e. The zero-order valence-corrected chi connectivity index (χ0v) is 13.0. The molecule has 0 radical (unpaired) electrons. The van der Waals surface area contributed by atoms with Gasteiger partial charge in [-0.1, -0.05) is 0 Å². The first-order valence-electron chi connectivity index (χ1n) is 7.00. The Morgan fingerprint density at radius 1 is 1.40 bits per heavy atom. The lowest BCUT2D eigenvalue weighted by Gasteiger charge is -2.22. The van der Waals surface area contributed by atoms with E-state index in [2.05, 4.69) is 5.32 Å². The van der Waals surface area contributed by atoms with E-state index in [1.807, 2.05) is 17.8 Å². The zero-order chi connectivity index (χ0) is 14.5. The number of nitrogens with zero attached hydrogens (tertiary/aromatic N) is 1. The molecule has 0 saturated carbocycles. The molecule has 3 N–H and O–H groups in total. The van der Waals surface area contributed by atoms with Crippen molar-refractivity contribution >= 4 is 29.0 Å². The van der Waals surface area contributed by atoms with Gasteiger partial charge in [-0.05, 0) is 48.5 Å². The number of carbonyl (C=O) groups excluding carboxylic acids is 1. The number of carbonyl (C=O) groups is 1. The summed E-state index contributed by atoms with van der Waals surface area (Å²) in [5, 5.41) is 3.41. The van der Waals surface area contributed by atoms with E-state index >= 15 is 0 Å². The van der Waals surface area contributed by atoms with E-state index in [1.165, 1.54) is 24.3 Å². The summed E-state index contributed by atoms with van der Waals surface area (Å²) in [4.78, 5) is 13.5. The maximum absolute atomic E-state index is 12.0. The van der Waals surface area contributed by atoms with Crippen molar-refractivity contribution in [3.05, 3.63) is 23.8 Å². The number of nitrogens with two attached hydrogens (primary N) is 1. The van der Waals surface area contributed by atoms with Crippen molar-refractivity contribution in [2.24, 2.45) is 5.92 Å². The predicted molar refractivity (Wildman–Crippen MR) is 87.4 cm³/mol. The van der Waals surface area contributed by atoms with E-state index in [-0.39, 0.29) is 5.91 Å². The molecule has 110 valence electrons. The minimum absolute atomic E-state index is 0.00196. The number of amides is 1. The molecule has 0 aromatic heterocycles. The number of nitrogens with one attached hydrogen (secondary N) is 1. The standard InChI is InChI=1S/C15H23N3OS/c1-18(2)15(19)12-3-4-13(16)14(9-12)17-10-11-5-7-20-8-6-11/h3-4,9,11,17H,5-8,10,16H2,1-2H3. The molecule has 1 aliphatic heterocycles. The normalized spacial score (nSPS) is 15.9. The number of thioether (sulfide) groups is 1. The Morgan fingerprint density at radius 3 is 2.75 bits per heavy atom. The second-order valence-electron chi connectivity index (χ2n) is 5.44. The lowest BCUT2D eigenvalue weighted by Crippen LogP contribution is -2.22. The van der Waals surface area contributed by atoms with Crippen molar-refractivity contribution in [2.45, 2.75) is 12.8 Å². The van der Waals surface area contributed by atoms with E-state index < -0.39 is 0 Å².